The van der Waals surface area contributed by atoms with Gasteiger partial charge in [0.05, 0.1) is 11.5 Å². The molecule has 7 heteroatoms. The smallest absolute Gasteiger partial charge is 0.225 e. The van der Waals surface area contributed by atoms with Gasteiger partial charge in [-0.1, -0.05) is 29.8 Å². The highest BCUT2D eigenvalue weighted by Crippen LogP contribution is 2.23. The number of aryl methyl sites for hydroxylation is 1. The maximum atomic E-state index is 12.3. The number of amides is 1. The SMILES string of the molecule is CCN(CC)c1ccc(NC(=O)CCS(=O)(=O)Cc2ccccc2Cl)c(C)c1. The lowest BCUT2D eigenvalue weighted by Crippen LogP contribution is -2.22. The van der Waals surface area contributed by atoms with Gasteiger partial charge in [-0.2, -0.15) is 0 Å². The number of nitrogens with one attached hydrogen (secondary N) is 1. The molecular formula is C21H27ClN2O3S. The maximum Gasteiger partial charge on any atom is 0.225 e. The lowest BCUT2D eigenvalue weighted by Gasteiger charge is -2.22. The Morgan fingerprint density at radius 3 is 2.39 bits per heavy atom. The van der Waals surface area contributed by atoms with Crippen LogP contribution >= 0.6 is 11.6 Å². The number of halogens is 1. The molecule has 0 saturated heterocycles. The summed E-state index contributed by atoms with van der Waals surface area (Å²) in [5, 5.41) is 3.23. The molecule has 0 atom stereocenters. The molecule has 152 valence electrons. The molecule has 2 aromatic rings. The van der Waals surface area contributed by atoms with E-state index in [9.17, 15) is 13.2 Å². The van der Waals surface area contributed by atoms with Gasteiger partial charge in [-0.25, -0.2) is 8.42 Å². The monoisotopic (exact) mass is 422 g/mol. The first kappa shape index (κ1) is 22.2. The van der Waals surface area contributed by atoms with Crippen LogP contribution in [-0.2, 0) is 20.4 Å². The zero-order valence-electron chi connectivity index (χ0n) is 16.5. The Bertz CT molecular complexity index is 925. The largest absolute Gasteiger partial charge is 0.372 e. The van der Waals surface area contributed by atoms with E-state index < -0.39 is 9.84 Å². The Labute approximate surface area is 172 Å². The molecule has 2 rings (SSSR count). The summed E-state index contributed by atoms with van der Waals surface area (Å²) in [6.07, 6.45) is -0.0932. The first-order valence-electron chi connectivity index (χ1n) is 9.35. The maximum absolute atomic E-state index is 12.3. The highest BCUT2D eigenvalue weighted by molar-refractivity contribution is 7.90. The average molecular weight is 423 g/mol. The van der Waals surface area contributed by atoms with Crippen molar-refractivity contribution in [2.45, 2.75) is 32.9 Å². The molecule has 28 heavy (non-hydrogen) atoms. The Hall–Kier alpha value is -2.05. The molecule has 0 aliphatic heterocycles. The first-order valence-corrected chi connectivity index (χ1v) is 11.5. The van der Waals surface area contributed by atoms with E-state index in [0.29, 0.717) is 16.3 Å². The molecule has 1 N–H and O–H groups in total. The molecule has 0 heterocycles. The van der Waals surface area contributed by atoms with Gasteiger partial charge in [-0.15, -0.1) is 0 Å². The average Bonchev–Trinajstić information content (AvgIpc) is 2.65. The lowest BCUT2D eigenvalue weighted by molar-refractivity contribution is -0.115. The van der Waals surface area contributed by atoms with E-state index in [0.717, 1.165) is 24.3 Å². The summed E-state index contributed by atoms with van der Waals surface area (Å²) in [7, 11) is -3.43. The topological polar surface area (TPSA) is 66.5 Å². The van der Waals surface area contributed by atoms with Crippen LogP contribution in [0.2, 0.25) is 5.02 Å². The van der Waals surface area contributed by atoms with Crippen LogP contribution in [0.4, 0.5) is 11.4 Å². The van der Waals surface area contributed by atoms with E-state index in [1.165, 1.54) is 0 Å². The summed E-state index contributed by atoms with van der Waals surface area (Å²) in [6, 6.07) is 12.7. The van der Waals surface area contributed by atoms with Crippen molar-refractivity contribution in [1.29, 1.82) is 0 Å². The molecule has 1 amide bonds. The van der Waals surface area contributed by atoms with E-state index in [-0.39, 0.29) is 23.8 Å². The van der Waals surface area contributed by atoms with E-state index in [4.69, 9.17) is 11.6 Å². The van der Waals surface area contributed by atoms with Crippen molar-refractivity contribution in [3.05, 3.63) is 58.6 Å². The molecule has 0 aliphatic rings. The van der Waals surface area contributed by atoms with Crippen molar-refractivity contribution < 1.29 is 13.2 Å². The van der Waals surface area contributed by atoms with Gasteiger partial charge in [0, 0.05) is 35.9 Å². The minimum Gasteiger partial charge on any atom is -0.372 e. The summed E-state index contributed by atoms with van der Waals surface area (Å²) in [6.45, 7) is 7.93. The summed E-state index contributed by atoms with van der Waals surface area (Å²) < 4.78 is 24.6. The molecule has 0 fully saturated rings. The molecule has 0 spiro atoms. The van der Waals surface area contributed by atoms with E-state index in [1.54, 1.807) is 24.3 Å². The van der Waals surface area contributed by atoms with Crippen molar-refractivity contribution in [1.82, 2.24) is 0 Å². The Balaban J connectivity index is 1.96. The van der Waals surface area contributed by atoms with Crippen LogP contribution in [0, 0.1) is 6.92 Å². The summed E-state index contributed by atoms with van der Waals surface area (Å²) in [4.78, 5) is 14.5. The van der Waals surface area contributed by atoms with Crippen LogP contribution in [0.5, 0.6) is 0 Å². The third kappa shape index (κ3) is 6.24. The van der Waals surface area contributed by atoms with Gasteiger partial charge in [-0.3, -0.25) is 4.79 Å². The van der Waals surface area contributed by atoms with Gasteiger partial charge in [-0.05, 0) is 56.2 Å². The van der Waals surface area contributed by atoms with Gasteiger partial charge in [0.1, 0.15) is 0 Å². The van der Waals surface area contributed by atoms with Crippen LogP contribution in [0.15, 0.2) is 42.5 Å². The zero-order chi connectivity index (χ0) is 20.7. The molecule has 0 aliphatic carbocycles. The number of carbonyl (C=O) groups is 1. The minimum atomic E-state index is -3.43. The lowest BCUT2D eigenvalue weighted by atomic mass is 10.1. The second kappa shape index (κ2) is 9.94. The van der Waals surface area contributed by atoms with Gasteiger partial charge >= 0.3 is 0 Å². The first-order chi connectivity index (χ1) is 13.3. The Kier molecular flexibility index (Phi) is 7.89. The van der Waals surface area contributed by atoms with Crippen LogP contribution in [-0.4, -0.2) is 33.2 Å². The van der Waals surface area contributed by atoms with Gasteiger partial charge < -0.3 is 10.2 Å². The highest BCUT2D eigenvalue weighted by Gasteiger charge is 2.17. The van der Waals surface area contributed by atoms with Crippen molar-refractivity contribution in [3.63, 3.8) is 0 Å². The number of anilines is 2. The molecular weight excluding hydrogens is 396 g/mol. The summed E-state index contributed by atoms with van der Waals surface area (Å²) in [5.74, 6) is -0.709. The number of hydrogen-bond acceptors (Lipinski definition) is 4. The summed E-state index contributed by atoms with van der Waals surface area (Å²) >= 11 is 6.03. The number of nitrogens with zero attached hydrogens (tertiary/aromatic N) is 1. The molecule has 5 nitrogen and oxygen atoms in total. The third-order valence-corrected chi connectivity index (χ3v) is 6.53. The number of hydrogen-bond donors (Lipinski definition) is 1. The molecule has 0 saturated carbocycles. The normalized spacial score (nSPS) is 11.3. The quantitative estimate of drug-likeness (QED) is 0.648. The number of carbonyl (C=O) groups excluding carboxylic acids is 1. The molecule has 0 bridgehead atoms. The van der Waals surface area contributed by atoms with Crippen LogP contribution in [0.3, 0.4) is 0 Å². The fourth-order valence-electron chi connectivity index (χ4n) is 2.96. The van der Waals surface area contributed by atoms with Crippen LogP contribution in [0.25, 0.3) is 0 Å². The van der Waals surface area contributed by atoms with Gasteiger partial charge in [0.25, 0.3) is 0 Å². The van der Waals surface area contributed by atoms with E-state index in [1.807, 2.05) is 25.1 Å². The summed E-state index contributed by atoms with van der Waals surface area (Å²) in [5.41, 5.74) is 3.29. The fraction of sp³-hybridized carbons (Fsp3) is 0.381. The van der Waals surface area contributed by atoms with Gasteiger partial charge in [0.2, 0.25) is 5.91 Å². The highest BCUT2D eigenvalue weighted by atomic mass is 35.5. The predicted octanol–water partition coefficient (Wildman–Crippen LogP) is 4.44. The standard InChI is InChI=1S/C21H27ClN2O3S/c1-4-24(5-2)18-10-11-20(16(3)14-18)23-21(25)12-13-28(26,27)15-17-8-6-7-9-19(17)22/h6-11,14H,4-5,12-13,15H2,1-3H3,(H,23,25). The van der Waals surface area contributed by atoms with E-state index >= 15 is 0 Å². The number of rotatable bonds is 9. The van der Waals surface area contributed by atoms with Gasteiger partial charge in [0.15, 0.2) is 9.84 Å². The number of benzene rings is 2. The Morgan fingerprint density at radius 1 is 1.11 bits per heavy atom. The zero-order valence-corrected chi connectivity index (χ0v) is 18.1. The van der Waals surface area contributed by atoms with Crippen molar-refractivity contribution in [3.8, 4) is 0 Å². The molecule has 2 aromatic carbocycles. The van der Waals surface area contributed by atoms with Crippen molar-refractivity contribution >= 4 is 38.7 Å². The molecule has 0 aromatic heterocycles. The van der Waals surface area contributed by atoms with Crippen LogP contribution < -0.4 is 10.2 Å². The molecule has 0 unspecified atom stereocenters. The number of sulfone groups is 1. The van der Waals surface area contributed by atoms with Crippen LogP contribution in [0.1, 0.15) is 31.4 Å². The van der Waals surface area contributed by atoms with Crippen molar-refractivity contribution in [2.75, 3.05) is 29.1 Å². The molecule has 0 radical (unpaired) electrons. The Morgan fingerprint density at radius 2 is 1.79 bits per heavy atom. The predicted molar refractivity (Wildman–Crippen MR) is 117 cm³/mol. The second-order valence-electron chi connectivity index (χ2n) is 6.65. The second-order valence-corrected chi connectivity index (χ2v) is 9.24. The van der Waals surface area contributed by atoms with Crippen molar-refractivity contribution in [2.24, 2.45) is 0 Å². The minimum absolute atomic E-state index is 0.0932. The van der Waals surface area contributed by atoms with E-state index in [2.05, 4.69) is 24.1 Å². The third-order valence-electron chi connectivity index (χ3n) is 4.59. The fourth-order valence-corrected chi connectivity index (χ4v) is 4.61.